The highest BCUT2D eigenvalue weighted by molar-refractivity contribution is 7.15. The zero-order chi connectivity index (χ0) is 12.3. The molecule has 0 aromatic carbocycles. The molecule has 0 spiro atoms. The molecule has 4 nitrogen and oxygen atoms in total. The molecule has 1 fully saturated rings. The van der Waals surface area contributed by atoms with Gasteiger partial charge in [0.1, 0.15) is 0 Å². The molecule has 1 aliphatic rings. The maximum Gasteiger partial charge on any atom is 0.180 e. The van der Waals surface area contributed by atoms with Crippen LogP contribution in [0.2, 0.25) is 0 Å². The number of rotatable bonds is 3. The minimum absolute atomic E-state index is 0.681. The van der Waals surface area contributed by atoms with Gasteiger partial charge < -0.3 is 10.6 Å². The van der Waals surface area contributed by atoms with Crippen molar-refractivity contribution < 1.29 is 0 Å². The van der Waals surface area contributed by atoms with Crippen molar-refractivity contribution in [2.24, 2.45) is 0 Å². The Kier molecular flexibility index (Phi) is 4.36. The predicted octanol–water partition coefficient (Wildman–Crippen LogP) is 1.64. The van der Waals surface area contributed by atoms with E-state index in [0.717, 1.165) is 12.6 Å². The summed E-state index contributed by atoms with van der Waals surface area (Å²) in [5.74, 6) is 0. The van der Waals surface area contributed by atoms with E-state index >= 15 is 0 Å². The van der Waals surface area contributed by atoms with Gasteiger partial charge in [-0.2, -0.15) is 0 Å². The van der Waals surface area contributed by atoms with Crippen LogP contribution in [0.3, 0.4) is 0 Å². The van der Waals surface area contributed by atoms with Gasteiger partial charge in [0.2, 0.25) is 0 Å². The number of nitrogen functional groups attached to an aromatic ring is 1. The number of thiazole rings is 1. The van der Waals surface area contributed by atoms with Crippen molar-refractivity contribution in [2.45, 2.75) is 31.8 Å². The third-order valence-corrected chi connectivity index (χ3v) is 4.28. The molecule has 0 amide bonds. The van der Waals surface area contributed by atoms with Crippen LogP contribution in [0.15, 0.2) is 6.20 Å². The first-order chi connectivity index (χ1) is 8.15. The molecule has 1 unspecified atom stereocenters. The summed E-state index contributed by atoms with van der Waals surface area (Å²) < 4.78 is 0. The zero-order valence-corrected chi connectivity index (χ0v) is 11.5. The second-order valence-electron chi connectivity index (χ2n) is 4.99. The molecule has 5 heteroatoms. The number of aromatic nitrogens is 1. The van der Waals surface area contributed by atoms with Gasteiger partial charge in [0.25, 0.3) is 0 Å². The Morgan fingerprint density at radius 2 is 2.29 bits per heavy atom. The molecule has 0 bridgehead atoms. The minimum atomic E-state index is 0.681. The van der Waals surface area contributed by atoms with E-state index in [4.69, 9.17) is 5.73 Å². The Balaban J connectivity index is 1.86. The summed E-state index contributed by atoms with van der Waals surface area (Å²) in [6.07, 6.45) is 5.78. The van der Waals surface area contributed by atoms with Crippen molar-refractivity contribution in [1.29, 1.82) is 0 Å². The topological polar surface area (TPSA) is 45.4 Å². The van der Waals surface area contributed by atoms with Crippen LogP contribution in [-0.2, 0) is 6.54 Å². The van der Waals surface area contributed by atoms with Gasteiger partial charge in [-0.05, 0) is 39.9 Å². The summed E-state index contributed by atoms with van der Waals surface area (Å²) in [4.78, 5) is 10.3. The van der Waals surface area contributed by atoms with E-state index < -0.39 is 0 Å². The standard InChI is InChI=1S/C12H22N4S/c1-15(2)10-4-3-6-16(7-5-10)9-11-8-14-12(13)17-11/h8,10H,3-7,9H2,1-2H3,(H2,13,14). The Hall–Kier alpha value is -0.650. The molecule has 1 aliphatic heterocycles. The average Bonchev–Trinajstić information content (AvgIpc) is 2.54. The van der Waals surface area contributed by atoms with Crippen LogP contribution in [0.25, 0.3) is 0 Å². The Morgan fingerprint density at radius 1 is 1.47 bits per heavy atom. The van der Waals surface area contributed by atoms with E-state index in [1.807, 2.05) is 6.20 Å². The van der Waals surface area contributed by atoms with Crippen LogP contribution in [0.4, 0.5) is 5.13 Å². The molecule has 1 saturated heterocycles. The first-order valence-corrected chi connectivity index (χ1v) is 7.06. The van der Waals surface area contributed by atoms with E-state index in [0.29, 0.717) is 5.13 Å². The Bertz CT molecular complexity index is 350. The number of hydrogen-bond donors (Lipinski definition) is 1. The lowest BCUT2D eigenvalue weighted by Crippen LogP contribution is -2.29. The van der Waals surface area contributed by atoms with Crippen molar-refractivity contribution >= 4 is 16.5 Å². The second kappa shape index (κ2) is 5.80. The quantitative estimate of drug-likeness (QED) is 0.891. The molecule has 17 heavy (non-hydrogen) atoms. The molecule has 2 rings (SSSR count). The van der Waals surface area contributed by atoms with Crippen LogP contribution in [0, 0.1) is 0 Å². The van der Waals surface area contributed by atoms with Crippen LogP contribution < -0.4 is 5.73 Å². The van der Waals surface area contributed by atoms with Gasteiger partial charge in [0.05, 0.1) is 0 Å². The van der Waals surface area contributed by atoms with Crippen LogP contribution in [0.5, 0.6) is 0 Å². The van der Waals surface area contributed by atoms with Gasteiger partial charge in [-0.1, -0.05) is 0 Å². The molecule has 0 aliphatic carbocycles. The molecule has 0 saturated carbocycles. The van der Waals surface area contributed by atoms with Crippen LogP contribution in [0.1, 0.15) is 24.1 Å². The fraction of sp³-hybridized carbons (Fsp3) is 0.750. The SMILES string of the molecule is CN(C)C1CCCN(Cc2cnc(N)s2)CC1. The lowest BCUT2D eigenvalue weighted by atomic mass is 10.1. The molecule has 96 valence electrons. The molecular formula is C12H22N4S. The maximum absolute atomic E-state index is 5.66. The highest BCUT2D eigenvalue weighted by atomic mass is 32.1. The Morgan fingerprint density at radius 3 is 2.94 bits per heavy atom. The van der Waals surface area contributed by atoms with Crippen molar-refractivity contribution in [1.82, 2.24) is 14.8 Å². The van der Waals surface area contributed by atoms with Crippen LogP contribution in [-0.4, -0.2) is 48.0 Å². The maximum atomic E-state index is 5.66. The number of nitrogens with zero attached hydrogens (tertiary/aromatic N) is 3. The van der Waals surface area contributed by atoms with E-state index in [-0.39, 0.29) is 0 Å². The molecule has 1 aromatic rings. The van der Waals surface area contributed by atoms with Crippen molar-refractivity contribution in [3.63, 3.8) is 0 Å². The number of hydrogen-bond acceptors (Lipinski definition) is 5. The van der Waals surface area contributed by atoms with Gasteiger partial charge in [-0.3, -0.25) is 4.90 Å². The first-order valence-electron chi connectivity index (χ1n) is 6.24. The summed E-state index contributed by atoms with van der Waals surface area (Å²) in [5.41, 5.74) is 5.66. The highest BCUT2D eigenvalue weighted by Gasteiger charge is 2.18. The first kappa shape index (κ1) is 12.8. The predicted molar refractivity (Wildman–Crippen MR) is 73.1 cm³/mol. The Labute approximate surface area is 107 Å². The zero-order valence-electron chi connectivity index (χ0n) is 10.7. The van der Waals surface area contributed by atoms with E-state index in [1.54, 1.807) is 11.3 Å². The summed E-state index contributed by atoms with van der Waals surface area (Å²) in [6, 6.07) is 0.742. The molecule has 2 N–H and O–H groups in total. The van der Waals surface area contributed by atoms with E-state index in [9.17, 15) is 0 Å². The van der Waals surface area contributed by atoms with Gasteiger partial charge in [0, 0.05) is 30.2 Å². The average molecular weight is 254 g/mol. The molecular weight excluding hydrogens is 232 g/mol. The van der Waals surface area contributed by atoms with E-state index in [1.165, 1.54) is 37.2 Å². The normalized spacial score (nSPS) is 22.9. The number of nitrogens with two attached hydrogens (primary N) is 1. The van der Waals surface area contributed by atoms with Crippen molar-refractivity contribution in [2.75, 3.05) is 32.9 Å². The summed E-state index contributed by atoms with van der Waals surface area (Å²) in [7, 11) is 4.37. The monoisotopic (exact) mass is 254 g/mol. The third kappa shape index (κ3) is 3.66. The minimum Gasteiger partial charge on any atom is -0.375 e. The number of anilines is 1. The summed E-state index contributed by atoms with van der Waals surface area (Å²) in [6.45, 7) is 3.39. The smallest absolute Gasteiger partial charge is 0.180 e. The molecule has 2 heterocycles. The highest BCUT2D eigenvalue weighted by Crippen LogP contribution is 2.20. The lowest BCUT2D eigenvalue weighted by Gasteiger charge is -2.23. The van der Waals surface area contributed by atoms with Crippen LogP contribution >= 0.6 is 11.3 Å². The molecule has 1 aromatic heterocycles. The third-order valence-electron chi connectivity index (χ3n) is 3.47. The van der Waals surface area contributed by atoms with Crippen molar-refractivity contribution in [3.8, 4) is 0 Å². The molecule has 1 atom stereocenters. The summed E-state index contributed by atoms with van der Waals surface area (Å²) >= 11 is 1.61. The van der Waals surface area contributed by atoms with Gasteiger partial charge in [-0.15, -0.1) is 11.3 Å². The largest absolute Gasteiger partial charge is 0.375 e. The van der Waals surface area contributed by atoms with E-state index in [2.05, 4.69) is 28.9 Å². The number of likely N-dealkylation sites (tertiary alicyclic amines) is 1. The van der Waals surface area contributed by atoms with Gasteiger partial charge in [0.15, 0.2) is 5.13 Å². The van der Waals surface area contributed by atoms with Gasteiger partial charge >= 0.3 is 0 Å². The molecule has 0 radical (unpaired) electrons. The van der Waals surface area contributed by atoms with Crippen molar-refractivity contribution in [3.05, 3.63) is 11.1 Å². The lowest BCUT2D eigenvalue weighted by molar-refractivity contribution is 0.246. The fourth-order valence-electron chi connectivity index (χ4n) is 2.43. The van der Waals surface area contributed by atoms with Gasteiger partial charge in [-0.25, -0.2) is 4.98 Å². The second-order valence-corrected chi connectivity index (χ2v) is 6.14. The fourth-order valence-corrected chi connectivity index (χ4v) is 3.16. The summed E-state index contributed by atoms with van der Waals surface area (Å²) in [5, 5.41) is 0.681.